The average molecular weight is 357 g/mol. The first-order valence-electron chi connectivity index (χ1n) is 7.96. The molecule has 0 radical (unpaired) electrons. The number of benzene rings is 2. The molecule has 0 saturated heterocycles. The molecule has 0 heterocycles. The Kier molecular flexibility index (Phi) is 6.97. The van der Waals surface area contributed by atoms with E-state index in [0.29, 0.717) is 18.0 Å². The lowest BCUT2D eigenvalue weighted by Crippen LogP contribution is -2.28. The van der Waals surface area contributed by atoms with Crippen LogP contribution in [0, 0.1) is 34.0 Å². The van der Waals surface area contributed by atoms with E-state index in [2.05, 4.69) is 10.6 Å². The van der Waals surface area contributed by atoms with Crippen LogP contribution in [0.15, 0.2) is 65.9 Å². The molecule has 0 saturated carbocycles. The molecule has 1 amide bonds. The highest BCUT2D eigenvalue weighted by Crippen LogP contribution is 2.18. The molecule has 7 heteroatoms. The first-order valence-corrected chi connectivity index (χ1v) is 7.96. The third-order valence-electron chi connectivity index (χ3n) is 3.42. The predicted molar refractivity (Wildman–Crippen MR) is 98.2 cm³/mol. The summed E-state index contributed by atoms with van der Waals surface area (Å²) in [5.74, 6) is 0.334. The highest BCUT2D eigenvalue weighted by molar-refractivity contribution is 6.00. The van der Waals surface area contributed by atoms with Gasteiger partial charge in [0.1, 0.15) is 36.3 Å². The van der Waals surface area contributed by atoms with E-state index < -0.39 is 0 Å². The lowest BCUT2D eigenvalue weighted by atomic mass is 10.1. The second-order valence-electron chi connectivity index (χ2n) is 5.17. The number of anilines is 1. The SMILES string of the molecule is N#CC(C#N)=C(C#N)Nc1ccccc1C(=O)NCCOc1ccccc1. The number of carbonyl (C=O) groups excluding carboxylic acids is 1. The third kappa shape index (κ3) is 5.35. The summed E-state index contributed by atoms with van der Waals surface area (Å²) in [6.07, 6.45) is 0. The van der Waals surface area contributed by atoms with E-state index in [1.807, 2.05) is 30.3 Å². The smallest absolute Gasteiger partial charge is 0.253 e. The van der Waals surface area contributed by atoms with Gasteiger partial charge in [0.15, 0.2) is 5.57 Å². The minimum absolute atomic E-state index is 0.215. The minimum Gasteiger partial charge on any atom is -0.492 e. The molecule has 2 rings (SSSR count). The Morgan fingerprint density at radius 3 is 2.26 bits per heavy atom. The number of amides is 1. The molecule has 0 bridgehead atoms. The fraction of sp³-hybridized carbons (Fsp3) is 0.100. The van der Waals surface area contributed by atoms with Gasteiger partial charge in [-0.1, -0.05) is 30.3 Å². The zero-order valence-corrected chi connectivity index (χ0v) is 14.3. The lowest BCUT2D eigenvalue weighted by molar-refractivity contribution is 0.0948. The Morgan fingerprint density at radius 2 is 1.59 bits per heavy atom. The van der Waals surface area contributed by atoms with Gasteiger partial charge in [0, 0.05) is 0 Å². The van der Waals surface area contributed by atoms with Crippen LogP contribution in [0.2, 0.25) is 0 Å². The molecule has 0 aliphatic carbocycles. The van der Waals surface area contributed by atoms with E-state index in [1.54, 1.807) is 42.5 Å². The molecule has 2 aromatic carbocycles. The average Bonchev–Trinajstić information content (AvgIpc) is 2.72. The van der Waals surface area contributed by atoms with Crippen LogP contribution in [0.3, 0.4) is 0 Å². The van der Waals surface area contributed by atoms with Crippen LogP contribution in [0.25, 0.3) is 0 Å². The van der Waals surface area contributed by atoms with Gasteiger partial charge < -0.3 is 15.4 Å². The summed E-state index contributed by atoms with van der Waals surface area (Å²) in [5, 5.41) is 32.4. The number of allylic oxidation sites excluding steroid dienone is 2. The van der Waals surface area contributed by atoms with E-state index >= 15 is 0 Å². The molecule has 132 valence electrons. The summed E-state index contributed by atoms with van der Waals surface area (Å²) in [6, 6.07) is 20.8. The number of para-hydroxylation sites is 2. The number of carbonyl (C=O) groups is 1. The molecule has 2 aromatic rings. The lowest BCUT2D eigenvalue weighted by Gasteiger charge is -2.12. The second kappa shape index (κ2) is 9.88. The maximum atomic E-state index is 12.4. The Balaban J connectivity index is 2.03. The summed E-state index contributed by atoms with van der Waals surface area (Å²) in [6.45, 7) is 0.576. The fourth-order valence-corrected chi connectivity index (χ4v) is 2.15. The van der Waals surface area contributed by atoms with Crippen LogP contribution in [0.4, 0.5) is 5.69 Å². The van der Waals surface area contributed by atoms with Gasteiger partial charge in [-0.3, -0.25) is 4.79 Å². The molecular formula is C20H15N5O2. The fourth-order valence-electron chi connectivity index (χ4n) is 2.15. The maximum Gasteiger partial charge on any atom is 0.253 e. The van der Waals surface area contributed by atoms with Crippen LogP contribution in [0.5, 0.6) is 5.75 Å². The molecule has 0 aliphatic rings. The van der Waals surface area contributed by atoms with Crippen molar-refractivity contribution in [3.8, 4) is 24.0 Å². The number of ether oxygens (including phenoxy) is 1. The summed E-state index contributed by atoms with van der Waals surface area (Å²) in [7, 11) is 0. The van der Waals surface area contributed by atoms with Gasteiger partial charge in [0.2, 0.25) is 0 Å². The highest BCUT2D eigenvalue weighted by atomic mass is 16.5. The molecule has 0 aromatic heterocycles. The molecular weight excluding hydrogens is 342 g/mol. The Labute approximate surface area is 156 Å². The predicted octanol–water partition coefficient (Wildman–Crippen LogP) is 2.73. The number of nitrogens with zero attached hydrogens (tertiary/aromatic N) is 3. The number of nitrogens with one attached hydrogen (secondary N) is 2. The van der Waals surface area contributed by atoms with Crippen molar-refractivity contribution in [2.75, 3.05) is 18.5 Å². The van der Waals surface area contributed by atoms with E-state index in [-0.39, 0.29) is 29.3 Å². The summed E-state index contributed by atoms with van der Waals surface area (Å²) >= 11 is 0. The molecule has 7 nitrogen and oxygen atoms in total. The zero-order chi connectivity index (χ0) is 19.5. The van der Waals surface area contributed by atoms with Crippen molar-refractivity contribution in [3.63, 3.8) is 0 Å². The second-order valence-corrected chi connectivity index (χ2v) is 5.17. The molecule has 0 atom stereocenters. The number of nitriles is 3. The maximum absolute atomic E-state index is 12.4. The van der Waals surface area contributed by atoms with Crippen molar-refractivity contribution in [2.45, 2.75) is 0 Å². The van der Waals surface area contributed by atoms with Crippen molar-refractivity contribution in [1.82, 2.24) is 5.32 Å². The largest absolute Gasteiger partial charge is 0.492 e. The zero-order valence-electron chi connectivity index (χ0n) is 14.3. The summed E-state index contributed by atoms with van der Waals surface area (Å²) in [4.78, 5) is 12.4. The Morgan fingerprint density at radius 1 is 0.926 bits per heavy atom. The summed E-state index contributed by atoms with van der Waals surface area (Å²) in [5.41, 5.74) is 0.0235. The molecule has 0 unspecified atom stereocenters. The monoisotopic (exact) mass is 357 g/mol. The minimum atomic E-state index is -0.373. The standard InChI is InChI=1S/C20H15N5O2/c21-12-15(13-22)19(14-23)25-18-9-5-4-8-17(18)20(26)24-10-11-27-16-6-2-1-3-7-16/h1-9,25H,10-11H2,(H,24,26). The van der Waals surface area contributed by atoms with Crippen molar-refractivity contribution < 1.29 is 9.53 Å². The Bertz CT molecular complexity index is 946. The molecule has 27 heavy (non-hydrogen) atoms. The normalized spacial score (nSPS) is 9.07. The highest BCUT2D eigenvalue weighted by Gasteiger charge is 2.13. The van der Waals surface area contributed by atoms with Gasteiger partial charge in [-0.25, -0.2) is 0 Å². The molecule has 2 N–H and O–H groups in total. The molecule has 0 spiro atoms. The van der Waals surface area contributed by atoms with Gasteiger partial charge in [-0.05, 0) is 24.3 Å². The van der Waals surface area contributed by atoms with Crippen molar-refractivity contribution >= 4 is 11.6 Å². The van der Waals surface area contributed by atoms with Crippen molar-refractivity contribution in [3.05, 3.63) is 71.4 Å². The van der Waals surface area contributed by atoms with E-state index in [0.717, 1.165) is 0 Å². The van der Waals surface area contributed by atoms with Crippen LogP contribution >= 0.6 is 0 Å². The van der Waals surface area contributed by atoms with Crippen LogP contribution in [0.1, 0.15) is 10.4 Å². The number of hydrogen-bond donors (Lipinski definition) is 2. The van der Waals surface area contributed by atoms with Crippen LogP contribution < -0.4 is 15.4 Å². The van der Waals surface area contributed by atoms with Gasteiger partial charge in [-0.15, -0.1) is 0 Å². The molecule has 0 fully saturated rings. The van der Waals surface area contributed by atoms with E-state index in [1.165, 1.54) is 0 Å². The van der Waals surface area contributed by atoms with E-state index in [4.69, 9.17) is 20.5 Å². The van der Waals surface area contributed by atoms with Crippen molar-refractivity contribution in [1.29, 1.82) is 15.8 Å². The first-order chi connectivity index (χ1) is 13.2. The van der Waals surface area contributed by atoms with Gasteiger partial charge in [-0.2, -0.15) is 15.8 Å². The quantitative estimate of drug-likeness (QED) is 0.580. The number of hydrogen-bond acceptors (Lipinski definition) is 6. The summed E-state index contributed by atoms with van der Waals surface area (Å²) < 4.78 is 5.51. The first kappa shape index (κ1) is 19.1. The van der Waals surface area contributed by atoms with Crippen LogP contribution in [-0.2, 0) is 0 Å². The van der Waals surface area contributed by atoms with Gasteiger partial charge in [0.05, 0.1) is 17.8 Å². The number of rotatable bonds is 7. The Hall–Kier alpha value is -4.28. The van der Waals surface area contributed by atoms with Crippen LogP contribution in [-0.4, -0.2) is 19.1 Å². The van der Waals surface area contributed by atoms with Crippen molar-refractivity contribution in [2.24, 2.45) is 0 Å². The van der Waals surface area contributed by atoms with Gasteiger partial charge in [0.25, 0.3) is 5.91 Å². The van der Waals surface area contributed by atoms with E-state index in [9.17, 15) is 4.79 Å². The topological polar surface area (TPSA) is 122 Å². The third-order valence-corrected chi connectivity index (χ3v) is 3.42. The molecule has 0 aliphatic heterocycles. The van der Waals surface area contributed by atoms with Gasteiger partial charge >= 0.3 is 0 Å².